The summed E-state index contributed by atoms with van der Waals surface area (Å²) in [6, 6.07) is 1.15. The number of rotatable bonds is 7. The lowest BCUT2D eigenvalue weighted by Gasteiger charge is -2.25. The number of alkyl halides is 3. The molecular weight excluding hydrogens is 503 g/mol. The monoisotopic (exact) mass is 519 g/mol. The lowest BCUT2D eigenvalue weighted by molar-refractivity contribution is -0.144. The van der Waals surface area contributed by atoms with Crippen LogP contribution in [0.1, 0.15) is 11.6 Å². The molecule has 1 atom stereocenters. The maximum atomic E-state index is 13.8. The molecule has 1 aliphatic heterocycles. The van der Waals surface area contributed by atoms with Gasteiger partial charge in [-0.3, -0.25) is 9.59 Å². The highest BCUT2D eigenvalue weighted by molar-refractivity contribution is 7.91. The number of nitrogens with zero attached hydrogens (tertiary/aromatic N) is 1. The maximum absolute atomic E-state index is 13.8. The highest BCUT2D eigenvalue weighted by atomic mass is 32.2. The molecule has 0 saturated carbocycles. The van der Waals surface area contributed by atoms with Crippen molar-refractivity contribution in [3.63, 3.8) is 0 Å². The van der Waals surface area contributed by atoms with Crippen molar-refractivity contribution in [3.8, 4) is 17.2 Å². The number of nitrogens with one attached hydrogen (secondary N) is 2. The summed E-state index contributed by atoms with van der Waals surface area (Å²) in [5, 5.41) is 15.9. The molecule has 0 aliphatic carbocycles. The van der Waals surface area contributed by atoms with E-state index in [0.29, 0.717) is 11.3 Å². The van der Waals surface area contributed by atoms with Crippen molar-refractivity contribution in [2.75, 3.05) is 31.5 Å². The number of aromatic hydroxyl groups is 1. The summed E-state index contributed by atoms with van der Waals surface area (Å²) in [6.07, 6.45) is -4.87. The molecule has 3 aromatic rings. The minimum atomic E-state index is -4.87. The maximum Gasteiger partial charge on any atom is 0.412 e. The van der Waals surface area contributed by atoms with Gasteiger partial charge in [0.25, 0.3) is 20.9 Å². The zero-order valence-corrected chi connectivity index (χ0v) is 19.0. The third kappa shape index (κ3) is 3.95. The summed E-state index contributed by atoms with van der Waals surface area (Å²) >= 11 is 0.631. The van der Waals surface area contributed by atoms with Gasteiger partial charge in [-0.05, 0) is 17.7 Å². The van der Waals surface area contributed by atoms with Crippen LogP contribution in [0.2, 0.25) is 0 Å². The smallest absolute Gasteiger partial charge is 0.412 e. The van der Waals surface area contributed by atoms with Gasteiger partial charge in [0.15, 0.2) is 21.5 Å². The van der Waals surface area contributed by atoms with Crippen LogP contribution in [0.15, 0.2) is 37.4 Å². The largest absolute Gasteiger partial charge is 0.504 e. The Balaban J connectivity index is 1.67. The molecule has 34 heavy (non-hydrogen) atoms. The van der Waals surface area contributed by atoms with Crippen LogP contribution < -0.4 is 31.0 Å². The highest BCUT2D eigenvalue weighted by Gasteiger charge is 2.43. The Kier molecular flexibility index (Phi) is 5.73. The third-order valence-corrected chi connectivity index (χ3v) is 8.27. The van der Waals surface area contributed by atoms with Crippen molar-refractivity contribution in [2.45, 2.75) is 16.4 Å². The second-order valence-corrected chi connectivity index (χ2v) is 10.6. The molecule has 2 aromatic carbocycles. The zero-order chi connectivity index (χ0) is 25.0. The fourth-order valence-corrected chi connectivity index (χ4v) is 5.53. The van der Waals surface area contributed by atoms with Gasteiger partial charge < -0.3 is 25.2 Å². The molecule has 3 N–H and O–H groups in total. The SMILES string of the molecule is CN(C)S(=O)(=O)c1scc(Nc2c(N[C@@H](c3ccc4c(c3)OCO4)C(F)(F)F)c(=O)c2=O)c1O. The molecule has 0 radical (unpaired) electrons. The first-order chi connectivity index (χ1) is 15.8. The van der Waals surface area contributed by atoms with Gasteiger partial charge in [-0.15, -0.1) is 11.3 Å². The summed E-state index contributed by atoms with van der Waals surface area (Å²) in [6.45, 7) is -0.148. The van der Waals surface area contributed by atoms with Gasteiger partial charge >= 0.3 is 6.18 Å². The van der Waals surface area contributed by atoms with Crippen LogP contribution in [0.4, 0.5) is 30.2 Å². The summed E-state index contributed by atoms with van der Waals surface area (Å²) < 4.78 is 76.7. The highest BCUT2D eigenvalue weighted by Crippen LogP contribution is 2.43. The van der Waals surface area contributed by atoms with Gasteiger partial charge in [-0.1, -0.05) is 6.07 Å². The Morgan fingerprint density at radius 1 is 1.12 bits per heavy atom. The number of ether oxygens (including phenoxy) is 2. The number of anilines is 3. The second-order valence-electron chi connectivity index (χ2n) is 7.34. The van der Waals surface area contributed by atoms with E-state index in [0.717, 1.165) is 21.8 Å². The first-order valence-electron chi connectivity index (χ1n) is 9.38. The first-order valence-corrected chi connectivity index (χ1v) is 11.7. The van der Waals surface area contributed by atoms with Crippen molar-refractivity contribution in [3.05, 3.63) is 49.6 Å². The van der Waals surface area contributed by atoms with Gasteiger partial charge in [0.05, 0.1) is 5.69 Å². The number of fused-ring (bicyclic) bond motifs is 1. The van der Waals surface area contributed by atoms with E-state index in [2.05, 4.69) is 5.32 Å². The molecule has 0 bridgehead atoms. The number of hydrogen-bond donors (Lipinski definition) is 3. The first kappa shape index (κ1) is 23.8. The quantitative estimate of drug-likeness (QED) is 0.403. The minimum absolute atomic E-state index is 0.0923. The van der Waals surface area contributed by atoms with Crippen LogP contribution in [-0.4, -0.2) is 44.9 Å². The molecule has 15 heteroatoms. The Hall–Kier alpha value is -3.30. The van der Waals surface area contributed by atoms with Crippen LogP contribution >= 0.6 is 11.3 Å². The van der Waals surface area contributed by atoms with Gasteiger partial charge in [0, 0.05) is 19.5 Å². The molecule has 4 rings (SSSR count). The van der Waals surface area contributed by atoms with E-state index in [1.165, 1.54) is 20.2 Å². The van der Waals surface area contributed by atoms with E-state index in [-0.39, 0.29) is 29.5 Å². The van der Waals surface area contributed by atoms with Crippen molar-refractivity contribution < 1.29 is 36.2 Å². The van der Waals surface area contributed by atoms with Crippen LogP contribution in [-0.2, 0) is 10.0 Å². The number of sulfonamides is 1. The van der Waals surface area contributed by atoms with E-state index in [1.54, 1.807) is 0 Å². The average Bonchev–Trinajstić information content (AvgIpc) is 3.37. The number of halogens is 3. The Morgan fingerprint density at radius 3 is 2.41 bits per heavy atom. The third-order valence-electron chi connectivity index (χ3n) is 4.96. The van der Waals surface area contributed by atoms with Gasteiger partial charge in [-0.25, -0.2) is 12.7 Å². The summed E-state index contributed by atoms with van der Waals surface area (Å²) in [4.78, 5) is 24.2. The summed E-state index contributed by atoms with van der Waals surface area (Å²) in [7, 11) is -1.53. The standard InChI is InChI=1S/C19H16F3N3O7S2/c1-25(2)34(29,30)18-14(26)9(6-33-18)23-12-13(16(28)15(12)27)24-17(19(20,21)22)8-3-4-10-11(5-8)32-7-31-10/h3-6,17,23-24,26H,7H2,1-2H3/t17-/m0/s1. The number of thiophene rings is 1. The van der Waals surface area contributed by atoms with E-state index < -0.39 is 54.4 Å². The molecule has 0 amide bonds. The number of hydrogen-bond acceptors (Lipinski definition) is 10. The summed E-state index contributed by atoms with van der Waals surface area (Å²) in [5.74, 6) is -0.381. The van der Waals surface area contributed by atoms with Crippen molar-refractivity contribution >= 4 is 38.4 Å². The van der Waals surface area contributed by atoms with Crippen LogP contribution in [0.3, 0.4) is 0 Å². The average molecular weight is 519 g/mol. The molecule has 1 aliphatic rings. The Bertz CT molecular complexity index is 1440. The fraction of sp³-hybridized carbons (Fsp3) is 0.263. The zero-order valence-electron chi connectivity index (χ0n) is 17.4. The molecule has 0 saturated heterocycles. The lowest BCUT2D eigenvalue weighted by atomic mass is 10.0. The molecule has 1 aromatic heterocycles. The molecule has 10 nitrogen and oxygen atoms in total. The van der Waals surface area contributed by atoms with Crippen LogP contribution in [0.5, 0.6) is 17.2 Å². The molecule has 0 fully saturated rings. The van der Waals surface area contributed by atoms with Crippen LogP contribution in [0, 0.1) is 0 Å². The van der Waals surface area contributed by atoms with Crippen molar-refractivity contribution in [1.29, 1.82) is 0 Å². The van der Waals surface area contributed by atoms with Crippen LogP contribution in [0.25, 0.3) is 0 Å². The van der Waals surface area contributed by atoms with E-state index in [9.17, 15) is 36.3 Å². The van der Waals surface area contributed by atoms with Crippen molar-refractivity contribution in [2.24, 2.45) is 0 Å². The number of benzene rings is 1. The van der Waals surface area contributed by atoms with E-state index >= 15 is 0 Å². The predicted molar refractivity (Wildman–Crippen MR) is 116 cm³/mol. The molecule has 0 spiro atoms. The fourth-order valence-electron chi connectivity index (χ4n) is 3.15. The second kappa shape index (κ2) is 8.18. The van der Waals surface area contributed by atoms with Gasteiger partial charge in [0.2, 0.25) is 6.79 Å². The normalized spacial score (nSPS) is 14.5. The van der Waals surface area contributed by atoms with Gasteiger partial charge in [0.1, 0.15) is 17.4 Å². The summed E-state index contributed by atoms with van der Waals surface area (Å²) in [5.41, 5.74) is -4.08. The Morgan fingerprint density at radius 2 is 1.76 bits per heavy atom. The molecule has 2 heterocycles. The van der Waals surface area contributed by atoms with Crippen molar-refractivity contribution in [1.82, 2.24) is 4.31 Å². The Labute approximate surface area is 193 Å². The molecule has 0 unspecified atom stereocenters. The molecular formula is C19H16F3N3O7S2. The van der Waals surface area contributed by atoms with E-state index in [1.807, 2.05) is 5.32 Å². The topological polar surface area (TPSA) is 134 Å². The predicted octanol–water partition coefficient (Wildman–Crippen LogP) is 2.49. The van der Waals surface area contributed by atoms with Gasteiger partial charge in [-0.2, -0.15) is 13.2 Å². The minimum Gasteiger partial charge on any atom is -0.504 e. The lowest BCUT2D eigenvalue weighted by Crippen LogP contribution is -2.40. The van der Waals surface area contributed by atoms with E-state index in [4.69, 9.17) is 9.47 Å². The molecule has 182 valence electrons.